The number of nitrogens with zero attached hydrogens (tertiary/aromatic N) is 4. The Morgan fingerprint density at radius 2 is 1.68 bits per heavy atom. The van der Waals surface area contributed by atoms with E-state index in [1.54, 1.807) is 22.9 Å². The van der Waals surface area contributed by atoms with Gasteiger partial charge in [0, 0.05) is 56.6 Å². The molecule has 9 nitrogen and oxygen atoms in total. The smallest absolute Gasteiger partial charge is 0.290 e. The molecule has 2 aliphatic rings. The van der Waals surface area contributed by atoms with Gasteiger partial charge in [0.15, 0.2) is 0 Å². The monoisotopic (exact) mass is 473 g/mol. The van der Waals surface area contributed by atoms with Crippen LogP contribution in [-0.4, -0.2) is 70.3 Å². The zero-order valence-electron chi connectivity index (χ0n) is 19.6. The van der Waals surface area contributed by atoms with Gasteiger partial charge in [-0.1, -0.05) is 0 Å². The van der Waals surface area contributed by atoms with E-state index in [0.29, 0.717) is 18.8 Å². The van der Waals surface area contributed by atoms with E-state index < -0.39 is 0 Å². The van der Waals surface area contributed by atoms with Crippen molar-refractivity contribution >= 4 is 24.0 Å². The lowest BCUT2D eigenvalue weighted by atomic mass is 9.85. The molecule has 1 aliphatic carbocycles. The van der Waals surface area contributed by atoms with Gasteiger partial charge in [0.2, 0.25) is 5.91 Å². The van der Waals surface area contributed by atoms with Crippen molar-refractivity contribution in [1.29, 1.82) is 0 Å². The highest BCUT2D eigenvalue weighted by molar-refractivity contribution is 5.92. The van der Waals surface area contributed by atoms with E-state index in [4.69, 9.17) is 9.90 Å². The fourth-order valence-corrected chi connectivity index (χ4v) is 4.51. The maximum Gasteiger partial charge on any atom is 0.290 e. The van der Waals surface area contributed by atoms with Crippen LogP contribution in [0.1, 0.15) is 41.9 Å². The number of hydrogen-bond acceptors (Lipinski definition) is 5. The molecule has 2 fully saturated rings. The van der Waals surface area contributed by atoms with Crippen molar-refractivity contribution in [2.75, 3.05) is 31.1 Å². The molecule has 184 valence electrons. The van der Waals surface area contributed by atoms with Gasteiger partial charge in [-0.05, 0) is 62.9 Å². The number of carbonyl (C=O) groups excluding carboxylic acids is 2. The van der Waals surface area contributed by atoms with Crippen molar-refractivity contribution < 1.29 is 23.9 Å². The van der Waals surface area contributed by atoms with Crippen LogP contribution in [0.2, 0.25) is 0 Å². The molecule has 0 bridgehead atoms. The molecule has 2 amide bonds. The van der Waals surface area contributed by atoms with E-state index in [1.165, 1.54) is 12.1 Å². The first-order valence-corrected chi connectivity index (χ1v) is 11.5. The van der Waals surface area contributed by atoms with E-state index in [1.807, 2.05) is 18.9 Å². The molecule has 4 rings (SSSR count). The van der Waals surface area contributed by atoms with Crippen molar-refractivity contribution in [3.05, 3.63) is 47.5 Å². The molecule has 2 heterocycles. The average Bonchev–Trinajstić information content (AvgIpc) is 3.18. The van der Waals surface area contributed by atoms with Gasteiger partial charge < -0.3 is 20.2 Å². The van der Waals surface area contributed by atoms with Crippen molar-refractivity contribution in [1.82, 2.24) is 20.0 Å². The molecule has 1 aliphatic heterocycles. The number of nitrogens with one attached hydrogen (secondary N) is 1. The fraction of sp³-hybridized carbons (Fsp3) is 0.500. The number of amides is 2. The summed E-state index contributed by atoms with van der Waals surface area (Å²) in [4.78, 5) is 37.9. The number of aromatic nitrogens is 2. The van der Waals surface area contributed by atoms with E-state index in [2.05, 4.69) is 15.3 Å². The van der Waals surface area contributed by atoms with Crippen LogP contribution in [0.25, 0.3) is 0 Å². The highest BCUT2D eigenvalue weighted by Crippen LogP contribution is 2.27. The minimum Gasteiger partial charge on any atom is -0.483 e. The lowest BCUT2D eigenvalue weighted by Gasteiger charge is -2.38. The van der Waals surface area contributed by atoms with Gasteiger partial charge >= 0.3 is 0 Å². The van der Waals surface area contributed by atoms with Crippen molar-refractivity contribution in [2.24, 2.45) is 13.0 Å². The molecular formula is C24H32FN5O4. The minimum absolute atomic E-state index is 0.0302. The SMILES string of the molecule is Cc1cc(C(=O)NC2CCC(C(=O)N3CCN(c4ccc(F)cc4)CC3)CC2)nn1C.O=CO. The minimum atomic E-state index is -0.250. The summed E-state index contributed by atoms with van der Waals surface area (Å²) < 4.78 is 14.8. The predicted octanol–water partition coefficient (Wildman–Crippen LogP) is 2.21. The lowest BCUT2D eigenvalue weighted by Crippen LogP contribution is -2.51. The van der Waals surface area contributed by atoms with Crippen LogP contribution < -0.4 is 10.2 Å². The van der Waals surface area contributed by atoms with Crippen LogP contribution in [0.4, 0.5) is 10.1 Å². The second-order valence-electron chi connectivity index (χ2n) is 8.71. The summed E-state index contributed by atoms with van der Waals surface area (Å²) in [5, 5.41) is 14.2. The Kier molecular flexibility index (Phi) is 8.61. The molecule has 2 N–H and O–H groups in total. The quantitative estimate of drug-likeness (QED) is 0.660. The molecule has 1 aromatic heterocycles. The summed E-state index contributed by atoms with van der Waals surface area (Å²) in [6.45, 7) is 4.55. The van der Waals surface area contributed by atoms with Crippen molar-refractivity contribution in [2.45, 2.75) is 38.6 Å². The Balaban J connectivity index is 0.00000103. The molecule has 0 unspecified atom stereocenters. The second kappa shape index (κ2) is 11.6. The van der Waals surface area contributed by atoms with Crippen LogP contribution in [0, 0.1) is 18.7 Å². The summed E-state index contributed by atoms with van der Waals surface area (Å²) in [5.41, 5.74) is 2.38. The van der Waals surface area contributed by atoms with Crippen LogP contribution in [0.3, 0.4) is 0 Å². The maximum absolute atomic E-state index is 13.1. The lowest BCUT2D eigenvalue weighted by molar-refractivity contribution is -0.137. The summed E-state index contributed by atoms with van der Waals surface area (Å²) in [7, 11) is 1.82. The van der Waals surface area contributed by atoms with Gasteiger partial charge in [-0.3, -0.25) is 19.1 Å². The molecule has 1 aromatic carbocycles. The Bertz CT molecular complexity index is 958. The first-order valence-electron chi connectivity index (χ1n) is 11.5. The number of anilines is 1. The van der Waals surface area contributed by atoms with Gasteiger partial charge in [0.1, 0.15) is 11.5 Å². The van der Waals surface area contributed by atoms with Crippen molar-refractivity contribution in [3.63, 3.8) is 0 Å². The highest BCUT2D eigenvalue weighted by Gasteiger charge is 2.32. The van der Waals surface area contributed by atoms with E-state index in [0.717, 1.165) is 50.2 Å². The highest BCUT2D eigenvalue weighted by atomic mass is 19.1. The summed E-state index contributed by atoms with van der Waals surface area (Å²) in [5.74, 6) is -0.124. The molecule has 34 heavy (non-hydrogen) atoms. The van der Waals surface area contributed by atoms with Gasteiger partial charge in [-0.15, -0.1) is 0 Å². The fourth-order valence-electron chi connectivity index (χ4n) is 4.51. The Hall–Kier alpha value is -3.43. The number of benzene rings is 1. The van der Waals surface area contributed by atoms with Crippen LogP contribution in [-0.2, 0) is 16.6 Å². The predicted molar refractivity (Wildman–Crippen MR) is 125 cm³/mol. The average molecular weight is 474 g/mol. The first-order chi connectivity index (χ1) is 16.3. The number of rotatable bonds is 4. The van der Waals surface area contributed by atoms with E-state index in [9.17, 15) is 14.0 Å². The normalized spacial score (nSPS) is 20.2. The Morgan fingerprint density at radius 3 is 2.21 bits per heavy atom. The number of halogens is 1. The molecule has 1 saturated carbocycles. The van der Waals surface area contributed by atoms with E-state index >= 15 is 0 Å². The largest absolute Gasteiger partial charge is 0.483 e. The zero-order chi connectivity index (χ0) is 24.7. The summed E-state index contributed by atoms with van der Waals surface area (Å²) in [6.07, 6.45) is 3.21. The summed E-state index contributed by atoms with van der Waals surface area (Å²) in [6, 6.07) is 8.40. The molecule has 0 radical (unpaired) electrons. The van der Waals surface area contributed by atoms with Crippen LogP contribution in [0.15, 0.2) is 30.3 Å². The molecule has 0 atom stereocenters. The third kappa shape index (κ3) is 6.33. The molecule has 1 saturated heterocycles. The standard InChI is InChI=1S/C23H30FN5O2.CH2O2/c1-16-15-21(26-27(16)2)22(30)25-19-7-3-17(4-8-19)23(31)29-13-11-28(12-14-29)20-9-5-18(24)6-10-20;2-1-3/h5-6,9-10,15,17,19H,3-4,7-8,11-14H2,1-2H3,(H,25,30);1H,(H,2,3). The number of aryl methyl sites for hydroxylation is 2. The Labute approximate surface area is 198 Å². The van der Waals surface area contributed by atoms with Crippen LogP contribution in [0.5, 0.6) is 0 Å². The topological polar surface area (TPSA) is 108 Å². The van der Waals surface area contributed by atoms with Crippen LogP contribution >= 0.6 is 0 Å². The third-order valence-electron chi connectivity index (χ3n) is 6.54. The molecule has 2 aromatic rings. The van der Waals surface area contributed by atoms with Crippen molar-refractivity contribution in [3.8, 4) is 0 Å². The number of hydrogen-bond donors (Lipinski definition) is 2. The number of carboxylic acid groups (broad SMARTS) is 1. The molecule has 10 heteroatoms. The molecular weight excluding hydrogens is 441 g/mol. The Morgan fingerprint density at radius 1 is 1.09 bits per heavy atom. The second-order valence-corrected chi connectivity index (χ2v) is 8.71. The summed E-state index contributed by atoms with van der Waals surface area (Å²) >= 11 is 0. The van der Waals surface area contributed by atoms with Gasteiger partial charge in [-0.25, -0.2) is 4.39 Å². The van der Waals surface area contributed by atoms with E-state index in [-0.39, 0.29) is 36.1 Å². The third-order valence-corrected chi connectivity index (χ3v) is 6.54. The number of piperazine rings is 1. The number of carbonyl (C=O) groups is 3. The van der Waals surface area contributed by atoms with Gasteiger partial charge in [0.05, 0.1) is 0 Å². The van der Waals surface area contributed by atoms with Gasteiger partial charge in [0.25, 0.3) is 12.4 Å². The molecule has 0 spiro atoms. The van der Waals surface area contributed by atoms with Gasteiger partial charge in [-0.2, -0.15) is 5.10 Å². The zero-order valence-corrected chi connectivity index (χ0v) is 19.6. The maximum atomic E-state index is 13.1. The first kappa shape index (κ1) is 25.2.